The summed E-state index contributed by atoms with van der Waals surface area (Å²) in [7, 11) is 3.43. The van der Waals surface area contributed by atoms with Crippen LogP contribution in [0.2, 0.25) is 0 Å². The lowest BCUT2D eigenvalue weighted by atomic mass is 10.0. The molecule has 12 heteroatoms. The maximum absolute atomic E-state index is 5.79. The number of rotatable bonds is 32. The molecule has 3 aromatic carbocycles. The van der Waals surface area contributed by atoms with Crippen molar-refractivity contribution in [2.75, 3.05) is 14.2 Å². The van der Waals surface area contributed by atoms with Gasteiger partial charge in [0.15, 0.2) is 0 Å². The van der Waals surface area contributed by atoms with E-state index in [0.29, 0.717) is 0 Å². The first-order chi connectivity index (χ1) is 44.7. The zero-order valence-electron chi connectivity index (χ0n) is 53.9. The molecule has 0 aliphatic rings. The largest absolute Gasteiger partial charge is 0.497 e. The van der Waals surface area contributed by atoms with E-state index in [1.165, 1.54) is 204 Å². The molecule has 0 atom stereocenters. The van der Waals surface area contributed by atoms with Gasteiger partial charge in [-0.2, -0.15) is 0 Å². The molecule has 12 aromatic rings. The van der Waals surface area contributed by atoms with Crippen LogP contribution in [0.1, 0.15) is 157 Å². The van der Waals surface area contributed by atoms with E-state index in [9.17, 15) is 0 Å². The molecule has 0 unspecified atom stereocenters. The molecule has 0 N–H and O–H groups in total. The van der Waals surface area contributed by atoms with Crippen molar-refractivity contribution < 1.29 is 9.47 Å². The van der Waals surface area contributed by atoms with Gasteiger partial charge in [0.25, 0.3) is 0 Å². The first-order valence-corrected chi connectivity index (χ1v) is 39.7. The van der Waals surface area contributed by atoms with E-state index in [-0.39, 0.29) is 0 Å². The number of ether oxygens (including phenoxy) is 2. The van der Waals surface area contributed by atoms with Gasteiger partial charge in [0.1, 0.15) is 11.5 Å². The van der Waals surface area contributed by atoms with Crippen LogP contribution in [0.4, 0.5) is 0 Å². The van der Waals surface area contributed by atoms with Crippen LogP contribution in [-0.2, 0) is 25.7 Å². The predicted octanol–water partition coefficient (Wildman–Crippen LogP) is 27.6. The van der Waals surface area contributed by atoms with Crippen LogP contribution in [0, 0.1) is 6.92 Å². The van der Waals surface area contributed by atoms with Crippen molar-refractivity contribution in [2.45, 2.75) is 163 Å². The van der Waals surface area contributed by atoms with E-state index in [1.807, 2.05) is 115 Å². The van der Waals surface area contributed by atoms with Crippen molar-refractivity contribution in [3.8, 4) is 113 Å². The predicted molar refractivity (Wildman–Crippen MR) is 406 cm³/mol. The fourth-order valence-electron chi connectivity index (χ4n) is 12.2. The second kappa shape index (κ2) is 31.4. The summed E-state index contributed by atoms with van der Waals surface area (Å²) in [6.07, 6.45) is 24.8. The minimum atomic E-state index is 0.801. The Morgan fingerprint density at radius 2 is 0.670 bits per heavy atom. The highest BCUT2D eigenvalue weighted by Crippen LogP contribution is 2.52. The number of unbranched alkanes of at least 4 members (excludes halogenated alkanes) is 12. The number of benzene rings is 3. The SMILES string of the molecule is CCCCCCc1ccc(-c2ccc(-c3ccc(-c4sc(-c5sc(-c6ccc(-c7ccc(-c8ccc(-c9cc(CCCCCC)c(C)s9)s8)c8nc(-c9ccc(OC)cc9)c(-c9ccc(OC)cc9)nc78)s6)cc5CCCCCC)cc4CCCCCC)s3)s2)s1. The van der Waals surface area contributed by atoms with Crippen molar-refractivity contribution in [3.63, 3.8) is 0 Å². The van der Waals surface area contributed by atoms with Crippen molar-refractivity contribution in [1.29, 1.82) is 0 Å². The molecule has 9 aromatic heterocycles. The molecule has 0 saturated heterocycles. The molecule has 0 bridgehead atoms. The summed E-state index contributed by atoms with van der Waals surface area (Å²) >= 11 is 15.6. The zero-order chi connectivity index (χ0) is 62.6. The Hall–Kier alpha value is -5.80. The van der Waals surface area contributed by atoms with Crippen LogP contribution in [0.25, 0.3) is 113 Å². The second-order valence-corrected chi connectivity index (χ2v) is 32.9. The number of hydrogen-bond acceptors (Lipinski definition) is 12. The lowest BCUT2D eigenvalue weighted by Gasteiger charge is -2.15. The van der Waals surface area contributed by atoms with Crippen molar-refractivity contribution in [1.82, 2.24) is 9.97 Å². The lowest BCUT2D eigenvalue weighted by molar-refractivity contribution is 0.414. The van der Waals surface area contributed by atoms with Crippen LogP contribution in [0.3, 0.4) is 0 Å². The van der Waals surface area contributed by atoms with E-state index in [2.05, 4.69) is 150 Å². The minimum absolute atomic E-state index is 0.801. The summed E-state index contributed by atoms with van der Waals surface area (Å²) in [5, 5.41) is 0. The Morgan fingerprint density at radius 1 is 0.308 bits per heavy atom. The van der Waals surface area contributed by atoms with Crippen molar-refractivity contribution in [3.05, 3.63) is 166 Å². The lowest BCUT2D eigenvalue weighted by Crippen LogP contribution is -1.98. The first-order valence-electron chi connectivity index (χ1n) is 33.2. The standard InChI is InChI=1S/C79H84N2O2S8/c1-8-12-16-20-24-54-48-71(84-51(54)5)68-42-40-62(86-68)60-37-38-61(77-76(60)80-74(52-28-32-57(82-6)33-29-52)75(81-77)53-30-34-58(83-7)35-31-53)63-41-43-69(87-63)72-49-55(25-21-17-13-9-2)79(90-72)73-50-56(26-22-18-14-10-3)78(91-73)70-47-46-67(89-70)66-45-44-65(88-66)64-39-36-59(85-64)27-23-19-15-11-4/h28-50H,8-27H2,1-7H3. The van der Waals surface area contributed by atoms with Crippen LogP contribution in [-0.4, -0.2) is 24.2 Å². The monoisotopic (exact) mass is 1350 g/mol. The number of fused-ring (bicyclic) bond motifs is 1. The first kappa shape index (κ1) is 65.3. The van der Waals surface area contributed by atoms with Gasteiger partial charge in [-0.1, -0.05) is 117 Å². The number of nitrogens with zero attached hydrogens (tertiary/aromatic N) is 2. The molecule has 470 valence electrons. The third-order valence-electron chi connectivity index (χ3n) is 17.4. The van der Waals surface area contributed by atoms with Gasteiger partial charge in [0.05, 0.1) is 36.6 Å². The van der Waals surface area contributed by atoms with E-state index < -0.39 is 0 Å². The maximum Gasteiger partial charge on any atom is 0.118 e. The van der Waals surface area contributed by atoms with Gasteiger partial charge in [-0.15, -0.1) is 90.7 Å². The van der Waals surface area contributed by atoms with Gasteiger partial charge < -0.3 is 9.47 Å². The number of methoxy groups -OCH3 is 2. The summed E-state index contributed by atoms with van der Waals surface area (Å²) in [5.41, 5.74) is 12.1. The topological polar surface area (TPSA) is 44.2 Å². The highest BCUT2D eigenvalue weighted by atomic mass is 32.1. The molecule has 4 nitrogen and oxygen atoms in total. The summed E-state index contributed by atoms with van der Waals surface area (Å²) in [6, 6.07) is 52.3. The number of aromatic nitrogens is 2. The Balaban J connectivity index is 0.914. The van der Waals surface area contributed by atoms with Gasteiger partial charge in [-0.3, -0.25) is 0 Å². The quantitative estimate of drug-likeness (QED) is 0.0394. The Bertz CT molecular complexity index is 4300. The minimum Gasteiger partial charge on any atom is -0.497 e. The average molecular weight is 1350 g/mol. The summed E-state index contributed by atoms with van der Waals surface area (Å²) < 4.78 is 11.3. The summed E-state index contributed by atoms with van der Waals surface area (Å²) in [4.78, 5) is 33.4. The molecule has 91 heavy (non-hydrogen) atoms. The summed E-state index contributed by atoms with van der Waals surface area (Å²) in [5.74, 6) is 1.60. The molecule has 0 saturated carbocycles. The number of hydrogen-bond donors (Lipinski definition) is 0. The maximum atomic E-state index is 5.79. The number of thiophene rings is 8. The highest BCUT2D eigenvalue weighted by Gasteiger charge is 2.25. The van der Waals surface area contributed by atoms with Crippen LogP contribution >= 0.6 is 90.7 Å². The van der Waals surface area contributed by atoms with Crippen LogP contribution in [0.5, 0.6) is 11.5 Å². The van der Waals surface area contributed by atoms with E-state index >= 15 is 0 Å². The molecule has 12 rings (SSSR count). The molecule has 0 aliphatic heterocycles. The second-order valence-electron chi connectivity index (χ2n) is 24.0. The Labute approximate surface area is 572 Å². The molecule has 0 aliphatic carbocycles. The smallest absolute Gasteiger partial charge is 0.118 e. The molecule has 0 spiro atoms. The molecule has 0 amide bonds. The fraction of sp³-hybridized carbons (Fsp3) is 0.342. The number of aryl methyl sites for hydroxylation is 5. The van der Waals surface area contributed by atoms with E-state index in [4.69, 9.17) is 19.4 Å². The molecular weight excluding hydrogens is 1270 g/mol. The van der Waals surface area contributed by atoms with Crippen molar-refractivity contribution >= 4 is 102 Å². The van der Waals surface area contributed by atoms with Gasteiger partial charge in [0, 0.05) is 100 Å². The normalized spacial score (nSPS) is 11.7. The van der Waals surface area contributed by atoms with E-state index in [0.717, 1.165) is 75.4 Å². The fourth-order valence-corrected chi connectivity index (χ4v) is 21.5. The third-order valence-corrected chi connectivity index (χ3v) is 27.5. The van der Waals surface area contributed by atoms with Gasteiger partial charge in [0.2, 0.25) is 0 Å². The third kappa shape index (κ3) is 15.4. The molecular formula is C79H84N2O2S8. The Kier molecular flexibility index (Phi) is 22.5. The molecule has 0 fully saturated rings. The average Bonchev–Trinajstić information content (AvgIpc) is 1.64. The highest BCUT2D eigenvalue weighted by molar-refractivity contribution is 7.31. The van der Waals surface area contributed by atoms with Gasteiger partial charge >= 0.3 is 0 Å². The van der Waals surface area contributed by atoms with Gasteiger partial charge in [-0.05, 0) is 202 Å². The molecule has 0 radical (unpaired) electrons. The van der Waals surface area contributed by atoms with E-state index in [1.54, 1.807) is 14.2 Å². The summed E-state index contributed by atoms with van der Waals surface area (Å²) in [6.45, 7) is 11.5. The van der Waals surface area contributed by atoms with Crippen LogP contribution < -0.4 is 9.47 Å². The van der Waals surface area contributed by atoms with Crippen molar-refractivity contribution in [2.24, 2.45) is 0 Å². The van der Waals surface area contributed by atoms with Gasteiger partial charge in [-0.25, -0.2) is 9.97 Å². The van der Waals surface area contributed by atoms with Crippen LogP contribution in [0.15, 0.2) is 140 Å². The zero-order valence-corrected chi connectivity index (χ0v) is 60.4. The molecule has 9 heterocycles. The Morgan fingerprint density at radius 3 is 1.16 bits per heavy atom.